The molecule has 6 aromatic rings. The van der Waals surface area contributed by atoms with E-state index in [4.69, 9.17) is 25.3 Å². The monoisotopic (exact) mass is 702 g/mol. The van der Waals surface area contributed by atoms with E-state index in [-0.39, 0.29) is 53.1 Å². The number of methoxy groups -OCH3 is 1. The summed E-state index contributed by atoms with van der Waals surface area (Å²) in [5.41, 5.74) is 8.54. The van der Waals surface area contributed by atoms with Gasteiger partial charge in [-0.15, -0.1) is 0 Å². The number of nitrogen functional groups attached to an aromatic ring is 1. The summed E-state index contributed by atoms with van der Waals surface area (Å²) >= 11 is 0. The van der Waals surface area contributed by atoms with E-state index in [1.165, 1.54) is 36.2 Å². The zero-order valence-electron chi connectivity index (χ0n) is 28.4. The molecule has 1 amide bonds. The van der Waals surface area contributed by atoms with Crippen LogP contribution in [0.15, 0.2) is 71.8 Å². The molecule has 52 heavy (non-hydrogen) atoms. The number of hydrogen-bond donors (Lipinski definition) is 2. The first kappa shape index (κ1) is 34.1. The summed E-state index contributed by atoms with van der Waals surface area (Å²) in [6.07, 6.45) is 2.74. The van der Waals surface area contributed by atoms with Crippen LogP contribution in [0.3, 0.4) is 0 Å². The molecular weight excluding hydrogens is 667 g/mol. The molecule has 14 heteroatoms. The van der Waals surface area contributed by atoms with Crippen molar-refractivity contribution in [2.24, 2.45) is 0 Å². The van der Waals surface area contributed by atoms with Crippen LogP contribution in [-0.4, -0.2) is 78.6 Å². The van der Waals surface area contributed by atoms with E-state index in [0.717, 1.165) is 0 Å². The van der Waals surface area contributed by atoms with Gasteiger partial charge in [-0.25, -0.2) is 24.0 Å². The van der Waals surface area contributed by atoms with E-state index in [0.29, 0.717) is 78.9 Å². The predicted octanol–water partition coefficient (Wildman–Crippen LogP) is 4.12. The summed E-state index contributed by atoms with van der Waals surface area (Å²) < 4.78 is 29.1. The molecule has 1 aliphatic heterocycles. The Hall–Kier alpha value is -6.33. The third-order valence-electron chi connectivity index (χ3n) is 8.92. The molecule has 7 rings (SSSR count). The Labute approximate surface area is 297 Å². The molecule has 0 saturated carbocycles. The number of amides is 1. The molecular formula is C38H35FN8O5. The molecule has 3 aromatic carbocycles. The van der Waals surface area contributed by atoms with Gasteiger partial charge in [-0.2, -0.15) is 5.10 Å². The topological polar surface area (TPSA) is 164 Å². The van der Waals surface area contributed by atoms with E-state index in [1.54, 1.807) is 52.0 Å². The van der Waals surface area contributed by atoms with Crippen molar-refractivity contribution in [2.75, 3.05) is 39.1 Å². The normalized spacial score (nSPS) is 12.9. The van der Waals surface area contributed by atoms with E-state index in [1.807, 2.05) is 0 Å². The van der Waals surface area contributed by atoms with Gasteiger partial charge in [0.05, 0.1) is 43.2 Å². The van der Waals surface area contributed by atoms with Crippen LogP contribution < -0.4 is 16.0 Å². The summed E-state index contributed by atoms with van der Waals surface area (Å²) in [4.78, 5) is 42.4. The molecule has 0 radical (unpaired) electrons. The quantitative estimate of drug-likeness (QED) is 0.166. The maximum atomic E-state index is 15.5. The van der Waals surface area contributed by atoms with Crippen LogP contribution in [0.1, 0.15) is 36.2 Å². The maximum absolute atomic E-state index is 15.5. The van der Waals surface area contributed by atoms with Crippen molar-refractivity contribution < 1.29 is 23.8 Å². The van der Waals surface area contributed by atoms with Crippen molar-refractivity contribution >= 4 is 33.7 Å². The molecule has 0 atom stereocenters. The number of nitrogens with two attached hydrogens (primary N) is 1. The lowest BCUT2D eigenvalue weighted by Gasteiger charge is -2.26. The lowest BCUT2D eigenvalue weighted by atomic mass is 10.1. The molecule has 3 N–H and O–H groups in total. The van der Waals surface area contributed by atoms with Crippen molar-refractivity contribution in [3.05, 3.63) is 100 Å². The van der Waals surface area contributed by atoms with Gasteiger partial charge in [-0.1, -0.05) is 30.0 Å². The number of rotatable bonds is 9. The third kappa shape index (κ3) is 6.86. The van der Waals surface area contributed by atoms with Gasteiger partial charge < -0.3 is 25.2 Å². The van der Waals surface area contributed by atoms with Gasteiger partial charge in [-0.3, -0.25) is 14.2 Å². The number of aromatic nitrogens is 6. The largest absolute Gasteiger partial charge is 0.508 e. The number of phenolic OH excluding ortho intramolecular Hbond substituents is 1. The molecule has 0 bridgehead atoms. The average Bonchev–Trinajstić information content (AvgIpc) is 3.53. The van der Waals surface area contributed by atoms with Gasteiger partial charge in [0.1, 0.15) is 36.0 Å². The van der Waals surface area contributed by atoms with Crippen LogP contribution in [0.4, 0.5) is 10.2 Å². The molecule has 13 nitrogen and oxygen atoms in total. The molecule has 0 aliphatic carbocycles. The summed E-state index contributed by atoms with van der Waals surface area (Å²) in [5, 5.41) is 15.5. The fraction of sp³-hybridized carbons (Fsp3) is 0.263. The van der Waals surface area contributed by atoms with Crippen molar-refractivity contribution in [2.45, 2.75) is 32.4 Å². The number of aromatic hydroxyl groups is 1. The first-order valence-electron chi connectivity index (χ1n) is 16.8. The third-order valence-corrected chi connectivity index (χ3v) is 8.92. The van der Waals surface area contributed by atoms with Crippen LogP contribution in [-0.2, 0) is 22.6 Å². The molecule has 3 aromatic heterocycles. The lowest BCUT2D eigenvalue weighted by Crippen LogP contribution is -2.40. The van der Waals surface area contributed by atoms with Crippen molar-refractivity contribution in [3.8, 4) is 34.6 Å². The van der Waals surface area contributed by atoms with Crippen LogP contribution in [0.5, 0.6) is 11.5 Å². The number of carbonyl (C=O) groups excluding carboxylic acids is 1. The predicted molar refractivity (Wildman–Crippen MR) is 192 cm³/mol. The van der Waals surface area contributed by atoms with Crippen LogP contribution >= 0.6 is 0 Å². The number of hydrogen-bond acceptors (Lipinski definition) is 10. The summed E-state index contributed by atoms with van der Waals surface area (Å²) in [5.74, 6) is 6.35. The minimum absolute atomic E-state index is 0.0329. The Kier molecular flexibility index (Phi) is 9.77. The molecule has 1 saturated heterocycles. The van der Waals surface area contributed by atoms with Gasteiger partial charge in [0.25, 0.3) is 5.56 Å². The average molecular weight is 703 g/mol. The summed E-state index contributed by atoms with van der Waals surface area (Å²) in [6.45, 7) is 2.10. The van der Waals surface area contributed by atoms with E-state index >= 15 is 4.39 Å². The molecule has 4 heterocycles. The zero-order valence-corrected chi connectivity index (χ0v) is 28.4. The highest BCUT2D eigenvalue weighted by molar-refractivity contribution is 5.98. The molecule has 0 spiro atoms. The zero-order chi connectivity index (χ0) is 36.2. The number of carbonyl (C=O) groups is 1. The second-order valence-electron chi connectivity index (χ2n) is 12.2. The van der Waals surface area contributed by atoms with E-state index in [2.05, 4.69) is 21.8 Å². The fourth-order valence-corrected chi connectivity index (χ4v) is 6.26. The molecule has 0 unspecified atom stereocenters. The van der Waals surface area contributed by atoms with Gasteiger partial charge in [0.2, 0.25) is 5.91 Å². The Balaban J connectivity index is 1.28. The Morgan fingerprint density at radius 2 is 1.83 bits per heavy atom. The number of anilines is 1. The smallest absolute Gasteiger partial charge is 0.263 e. The minimum Gasteiger partial charge on any atom is -0.508 e. The number of ether oxygens (including phenoxy) is 2. The van der Waals surface area contributed by atoms with E-state index < -0.39 is 11.4 Å². The second-order valence-corrected chi connectivity index (χ2v) is 12.2. The van der Waals surface area contributed by atoms with E-state index in [9.17, 15) is 14.7 Å². The number of morpholine rings is 1. The summed E-state index contributed by atoms with van der Waals surface area (Å²) in [7, 11) is 1.38. The second kappa shape index (κ2) is 14.9. The number of fused-ring (bicyclic) bond motifs is 2. The van der Waals surface area contributed by atoms with Gasteiger partial charge in [-0.05, 0) is 48.9 Å². The maximum Gasteiger partial charge on any atom is 0.263 e. The number of unbranched alkanes of at least 4 members (excludes halogenated alkanes) is 1. The van der Waals surface area contributed by atoms with Crippen LogP contribution in [0, 0.1) is 17.7 Å². The number of halogens is 1. The Bertz CT molecular complexity index is 2410. The van der Waals surface area contributed by atoms with Crippen molar-refractivity contribution in [1.82, 2.24) is 34.2 Å². The van der Waals surface area contributed by atoms with Crippen molar-refractivity contribution in [1.29, 1.82) is 0 Å². The number of phenols is 1. The highest BCUT2D eigenvalue weighted by Crippen LogP contribution is 2.31. The van der Waals surface area contributed by atoms with Crippen LogP contribution in [0.25, 0.3) is 33.2 Å². The van der Waals surface area contributed by atoms with Gasteiger partial charge >= 0.3 is 0 Å². The summed E-state index contributed by atoms with van der Waals surface area (Å²) in [6, 6.07) is 16.5. The highest BCUT2D eigenvalue weighted by Gasteiger charge is 2.22. The Morgan fingerprint density at radius 3 is 2.62 bits per heavy atom. The van der Waals surface area contributed by atoms with Crippen LogP contribution in [0.2, 0.25) is 0 Å². The fourth-order valence-electron chi connectivity index (χ4n) is 6.26. The standard InChI is InChI=1S/C38H35FN8O5/c1-51-29-11-6-9-26(34(29)39)21-46-30(22-47-37-33(36(40)41-23-42-37)35(44-47)25-13-15-27(48)16-14-25)43-28-10-5-8-24(32(28)38(46)50)7-3-2-4-12-31(49)45-17-19-52-20-18-45/h5-6,8-11,13-16,23,48H,2,4,12,17-22H2,1H3,(H2,40,41,42). The molecule has 264 valence electrons. The van der Waals surface area contributed by atoms with Gasteiger partial charge in [0, 0.05) is 42.6 Å². The lowest BCUT2D eigenvalue weighted by molar-refractivity contribution is -0.135. The highest BCUT2D eigenvalue weighted by atomic mass is 19.1. The first-order valence-corrected chi connectivity index (χ1v) is 16.8. The van der Waals surface area contributed by atoms with Crippen molar-refractivity contribution in [3.63, 3.8) is 0 Å². The number of benzene rings is 3. The first-order chi connectivity index (χ1) is 25.3. The minimum atomic E-state index is -0.595. The molecule has 1 aliphatic rings. The molecule has 1 fully saturated rings. The number of nitrogens with zero attached hydrogens (tertiary/aromatic N) is 7. The van der Waals surface area contributed by atoms with Gasteiger partial charge in [0.15, 0.2) is 17.2 Å². The SMILES string of the molecule is COc1cccc(Cn2c(Cn3nc(-c4ccc(O)cc4)c4c(N)ncnc43)nc3cccc(C#CCCCC(=O)N4CCOCC4)c3c2=O)c1F. The Morgan fingerprint density at radius 1 is 1.04 bits per heavy atom.